The topological polar surface area (TPSA) is 120 Å². The number of furan rings is 1. The van der Waals surface area contributed by atoms with Crippen LogP contribution in [0.2, 0.25) is 0 Å². The number of pyridine rings is 1. The number of carbonyl (C=O) groups excluding carboxylic acids is 3. The van der Waals surface area contributed by atoms with Crippen LogP contribution in [-0.2, 0) is 21.5 Å². The van der Waals surface area contributed by atoms with Crippen LogP contribution in [0.1, 0.15) is 28.1 Å². The number of rotatable bonds is 5. The van der Waals surface area contributed by atoms with Gasteiger partial charge in [-0.3, -0.25) is 24.3 Å². The molecule has 4 aromatic rings. The molecule has 1 fully saturated rings. The van der Waals surface area contributed by atoms with E-state index in [0.717, 1.165) is 0 Å². The van der Waals surface area contributed by atoms with Gasteiger partial charge >= 0.3 is 0 Å². The third-order valence-electron chi connectivity index (χ3n) is 6.49. The van der Waals surface area contributed by atoms with Gasteiger partial charge in [-0.15, -0.1) is 0 Å². The summed E-state index contributed by atoms with van der Waals surface area (Å²) in [5, 5.41) is 2.32. The number of carbonyl (C=O) groups is 3. The Labute approximate surface area is 197 Å². The molecule has 1 saturated heterocycles. The Morgan fingerprint density at radius 1 is 1.23 bits per heavy atom. The minimum Gasteiger partial charge on any atom is -0.494 e. The molecular weight excluding hydrogens is 457 g/mol. The highest BCUT2D eigenvalue weighted by Gasteiger charge is 2.53. The van der Waals surface area contributed by atoms with Crippen LogP contribution in [0.5, 0.6) is 5.75 Å². The maximum atomic E-state index is 14.8. The van der Waals surface area contributed by atoms with Crippen molar-refractivity contribution in [3.05, 3.63) is 71.8 Å². The maximum Gasteiger partial charge on any atom is 0.257 e. The number of fused-ring (bicyclic) bond motifs is 2. The van der Waals surface area contributed by atoms with Gasteiger partial charge in [0.25, 0.3) is 5.91 Å². The van der Waals surface area contributed by atoms with E-state index in [1.807, 2.05) is 0 Å². The Balaban J connectivity index is 1.40. The molecule has 0 aliphatic carbocycles. The second-order valence-electron chi connectivity index (χ2n) is 8.55. The predicted octanol–water partition coefficient (Wildman–Crippen LogP) is 2.10. The molecule has 10 nitrogen and oxygen atoms in total. The van der Waals surface area contributed by atoms with Crippen LogP contribution in [0.3, 0.4) is 0 Å². The number of hydrogen-bond acceptors (Lipinski definition) is 7. The highest BCUT2D eigenvalue weighted by molar-refractivity contribution is 6.10. The summed E-state index contributed by atoms with van der Waals surface area (Å²) in [6.45, 7) is -0.0877. The molecule has 0 spiro atoms. The van der Waals surface area contributed by atoms with Gasteiger partial charge in [0, 0.05) is 31.5 Å². The van der Waals surface area contributed by atoms with Crippen molar-refractivity contribution in [3.8, 4) is 11.6 Å². The van der Waals surface area contributed by atoms with Crippen molar-refractivity contribution in [2.24, 2.45) is 0 Å². The number of aromatic nitrogens is 3. The van der Waals surface area contributed by atoms with Crippen LogP contribution in [0.15, 0.2) is 53.5 Å². The SMILES string of the molecule is COc1ccc2c(c1F)C(=O)N(C[C@@]1(c3cc4nc(-n5ccnc5)ccc4o3)CC(=O)NC1=O)C2. The maximum absolute atomic E-state index is 14.8. The van der Waals surface area contributed by atoms with Crippen LogP contribution >= 0.6 is 0 Å². The van der Waals surface area contributed by atoms with E-state index in [2.05, 4.69) is 15.3 Å². The largest absolute Gasteiger partial charge is 0.494 e. The normalized spacial score (nSPS) is 19.5. The second-order valence-corrected chi connectivity index (χ2v) is 8.55. The molecule has 1 N–H and O–H groups in total. The molecule has 1 aromatic carbocycles. The highest BCUT2D eigenvalue weighted by atomic mass is 19.1. The molecule has 3 aromatic heterocycles. The third-order valence-corrected chi connectivity index (χ3v) is 6.49. The molecule has 2 aliphatic rings. The van der Waals surface area contributed by atoms with Crippen molar-refractivity contribution in [3.63, 3.8) is 0 Å². The first kappa shape index (κ1) is 21.0. The van der Waals surface area contributed by atoms with E-state index in [-0.39, 0.29) is 36.6 Å². The van der Waals surface area contributed by atoms with Crippen molar-refractivity contribution in [2.75, 3.05) is 13.7 Å². The summed E-state index contributed by atoms with van der Waals surface area (Å²) >= 11 is 0. The van der Waals surface area contributed by atoms with Gasteiger partial charge in [0.15, 0.2) is 17.1 Å². The molecule has 176 valence electrons. The molecule has 1 atom stereocenters. The van der Waals surface area contributed by atoms with Crippen LogP contribution < -0.4 is 10.1 Å². The minimum absolute atomic E-state index is 0.0421. The summed E-state index contributed by atoms with van der Waals surface area (Å²) in [6.07, 6.45) is 4.75. The number of nitrogens with zero attached hydrogens (tertiary/aromatic N) is 4. The van der Waals surface area contributed by atoms with Gasteiger partial charge in [0.2, 0.25) is 11.8 Å². The monoisotopic (exact) mass is 475 g/mol. The zero-order valence-corrected chi connectivity index (χ0v) is 18.4. The number of ether oxygens (including phenoxy) is 1. The highest BCUT2D eigenvalue weighted by Crippen LogP contribution is 2.39. The number of imide groups is 1. The first-order chi connectivity index (χ1) is 16.9. The van der Waals surface area contributed by atoms with E-state index in [0.29, 0.717) is 22.5 Å². The predicted molar refractivity (Wildman–Crippen MR) is 118 cm³/mol. The molecule has 5 heterocycles. The van der Waals surface area contributed by atoms with Gasteiger partial charge < -0.3 is 14.1 Å². The number of amides is 3. The van der Waals surface area contributed by atoms with E-state index in [4.69, 9.17) is 9.15 Å². The summed E-state index contributed by atoms with van der Waals surface area (Å²) in [5.41, 5.74) is -0.206. The van der Waals surface area contributed by atoms with Crippen molar-refractivity contribution in [2.45, 2.75) is 18.4 Å². The van der Waals surface area contributed by atoms with Gasteiger partial charge in [-0.25, -0.2) is 14.4 Å². The smallest absolute Gasteiger partial charge is 0.257 e. The number of imidazole rings is 1. The summed E-state index contributed by atoms with van der Waals surface area (Å²) < 4.78 is 27.5. The van der Waals surface area contributed by atoms with Crippen LogP contribution in [0, 0.1) is 5.82 Å². The minimum atomic E-state index is -1.48. The lowest BCUT2D eigenvalue weighted by molar-refractivity contribution is -0.127. The van der Waals surface area contributed by atoms with Crippen LogP contribution in [0.25, 0.3) is 16.9 Å². The summed E-state index contributed by atoms with van der Waals surface area (Å²) in [6, 6.07) is 8.12. The summed E-state index contributed by atoms with van der Waals surface area (Å²) in [4.78, 5) is 48.5. The van der Waals surface area contributed by atoms with Crippen molar-refractivity contribution >= 4 is 28.8 Å². The van der Waals surface area contributed by atoms with Crippen molar-refractivity contribution in [1.29, 1.82) is 0 Å². The number of nitrogens with one attached hydrogen (secondary N) is 1. The Morgan fingerprint density at radius 2 is 2.09 bits per heavy atom. The summed E-state index contributed by atoms with van der Waals surface area (Å²) in [7, 11) is 1.32. The number of methoxy groups -OCH3 is 1. The Hall–Kier alpha value is -4.54. The molecular formula is C24H18FN5O5. The molecule has 2 aliphatic heterocycles. The summed E-state index contributed by atoms with van der Waals surface area (Å²) in [5.74, 6) is -1.65. The molecule has 11 heteroatoms. The lowest BCUT2D eigenvalue weighted by Gasteiger charge is -2.28. The van der Waals surface area contributed by atoms with E-state index in [9.17, 15) is 18.8 Å². The lowest BCUT2D eigenvalue weighted by Crippen LogP contribution is -2.46. The van der Waals surface area contributed by atoms with Gasteiger partial charge in [-0.1, -0.05) is 6.07 Å². The first-order valence-electron chi connectivity index (χ1n) is 10.8. The number of halogens is 1. The lowest BCUT2D eigenvalue weighted by atomic mass is 9.82. The average molecular weight is 475 g/mol. The molecule has 0 saturated carbocycles. The van der Waals surface area contributed by atoms with E-state index in [1.54, 1.807) is 47.6 Å². The van der Waals surface area contributed by atoms with E-state index in [1.165, 1.54) is 18.1 Å². The van der Waals surface area contributed by atoms with Gasteiger partial charge in [-0.2, -0.15) is 0 Å². The first-order valence-corrected chi connectivity index (χ1v) is 10.8. The third kappa shape index (κ3) is 3.11. The molecule has 6 rings (SSSR count). The van der Waals surface area contributed by atoms with E-state index >= 15 is 0 Å². The fourth-order valence-electron chi connectivity index (χ4n) is 4.74. The van der Waals surface area contributed by atoms with Gasteiger partial charge in [0.1, 0.15) is 28.8 Å². The number of hydrogen-bond donors (Lipinski definition) is 1. The molecule has 3 amide bonds. The molecule has 35 heavy (non-hydrogen) atoms. The molecule has 0 bridgehead atoms. The quantitative estimate of drug-likeness (QED) is 0.439. The Morgan fingerprint density at radius 3 is 2.80 bits per heavy atom. The molecule has 0 radical (unpaired) electrons. The van der Waals surface area contributed by atoms with Crippen molar-refractivity contribution in [1.82, 2.24) is 24.8 Å². The average Bonchev–Trinajstić information content (AvgIpc) is 3.61. The van der Waals surface area contributed by atoms with Gasteiger partial charge in [0.05, 0.1) is 19.1 Å². The van der Waals surface area contributed by atoms with E-state index < -0.39 is 29.0 Å². The molecule has 0 unspecified atom stereocenters. The van der Waals surface area contributed by atoms with Crippen LogP contribution in [0.4, 0.5) is 4.39 Å². The Kier molecular flexibility index (Phi) is 4.50. The fraction of sp³-hybridized carbons (Fsp3) is 0.208. The zero-order valence-electron chi connectivity index (χ0n) is 18.4. The van der Waals surface area contributed by atoms with Crippen molar-refractivity contribution < 1.29 is 27.9 Å². The fourth-order valence-corrected chi connectivity index (χ4v) is 4.74. The van der Waals surface area contributed by atoms with Crippen LogP contribution in [-0.4, -0.2) is 50.8 Å². The second kappa shape index (κ2) is 7.49. The van der Waals surface area contributed by atoms with Gasteiger partial charge in [-0.05, 0) is 23.8 Å². The Bertz CT molecular complexity index is 1530. The number of benzene rings is 1. The standard InChI is InChI=1S/C24H18FN5O5/c1-34-16-3-2-13-10-30(22(32)20(13)21(16)25)11-24(9-19(31)28-23(24)33)17-8-14-15(35-17)4-5-18(27-14)29-7-6-26-12-29/h2-8,12H,9-11H2,1H3,(H,28,31,33)/t24-/m1/s1. The zero-order chi connectivity index (χ0) is 24.3.